The van der Waals surface area contributed by atoms with Crippen molar-refractivity contribution in [1.82, 2.24) is 9.97 Å². The van der Waals surface area contributed by atoms with E-state index in [1.807, 2.05) is 0 Å². The van der Waals surface area contributed by atoms with Gasteiger partial charge in [0.2, 0.25) is 5.88 Å². The number of fused-ring (bicyclic) bond motifs is 3. The van der Waals surface area contributed by atoms with Gasteiger partial charge >= 0.3 is 11.9 Å². The third-order valence-electron chi connectivity index (χ3n) is 3.94. The van der Waals surface area contributed by atoms with E-state index in [2.05, 4.69) is 9.97 Å². The lowest BCUT2D eigenvalue weighted by Crippen LogP contribution is -2.06. The molecule has 1 N–H and O–H groups in total. The lowest BCUT2D eigenvalue weighted by molar-refractivity contribution is 0.0519. The van der Waals surface area contributed by atoms with Crippen molar-refractivity contribution in [3.63, 3.8) is 0 Å². The predicted molar refractivity (Wildman–Crippen MR) is 94.0 cm³/mol. The Morgan fingerprint density at radius 3 is 2.46 bits per heavy atom. The number of carbonyl (C=O) groups is 2. The van der Waals surface area contributed by atoms with Gasteiger partial charge in [-0.3, -0.25) is 0 Å². The van der Waals surface area contributed by atoms with Gasteiger partial charge in [-0.15, -0.1) is 0 Å². The minimum Gasteiger partial charge on any atom is -0.494 e. The Bertz CT molecular complexity index is 1010. The molecule has 8 nitrogen and oxygen atoms in total. The molecule has 2 aromatic heterocycles. The normalized spacial score (nSPS) is 10.8. The number of H-pyrrole nitrogens is 1. The topological polar surface area (TPSA) is 99.7 Å². The monoisotopic (exact) mass is 358 g/mol. The number of nitrogens with zero attached hydrogens (tertiary/aromatic N) is 1. The minimum absolute atomic E-state index is 0.243. The Morgan fingerprint density at radius 1 is 1.08 bits per heavy atom. The smallest absolute Gasteiger partial charge is 0.354 e. The van der Waals surface area contributed by atoms with Gasteiger partial charge in [0.05, 0.1) is 39.0 Å². The van der Waals surface area contributed by atoms with Gasteiger partial charge in [0.25, 0.3) is 0 Å². The molecule has 136 valence electrons. The highest BCUT2D eigenvalue weighted by Crippen LogP contribution is 2.36. The third-order valence-corrected chi connectivity index (χ3v) is 3.94. The number of aromatic nitrogens is 2. The first-order valence-corrected chi connectivity index (χ1v) is 7.87. The van der Waals surface area contributed by atoms with Crippen molar-refractivity contribution in [2.75, 3.05) is 27.9 Å². The molecule has 0 amide bonds. The van der Waals surface area contributed by atoms with E-state index in [4.69, 9.17) is 18.9 Å². The fourth-order valence-electron chi connectivity index (χ4n) is 2.80. The second kappa shape index (κ2) is 6.91. The van der Waals surface area contributed by atoms with Gasteiger partial charge in [-0.05, 0) is 19.1 Å². The van der Waals surface area contributed by atoms with Crippen LogP contribution in [0.1, 0.15) is 27.8 Å². The Kier molecular flexibility index (Phi) is 4.66. The average Bonchev–Trinajstić information content (AvgIpc) is 3.09. The van der Waals surface area contributed by atoms with Gasteiger partial charge in [0, 0.05) is 16.8 Å². The number of ether oxygens (including phenoxy) is 4. The molecule has 0 atom stereocenters. The van der Waals surface area contributed by atoms with Crippen LogP contribution >= 0.6 is 0 Å². The molecule has 2 heterocycles. The quantitative estimate of drug-likeness (QED) is 0.700. The first-order chi connectivity index (χ1) is 12.5. The SMILES string of the molecule is CCOC(=O)c1cc2cc(OC)c3nc(OC)cc(C(=O)OC)c3c2[nH]1. The molecule has 0 bridgehead atoms. The van der Waals surface area contributed by atoms with E-state index in [1.54, 1.807) is 19.1 Å². The number of esters is 2. The van der Waals surface area contributed by atoms with Crippen LogP contribution in [0.3, 0.4) is 0 Å². The summed E-state index contributed by atoms with van der Waals surface area (Å²) < 4.78 is 20.5. The van der Waals surface area contributed by atoms with E-state index < -0.39 is 11.9 Å². The van der Waals surface area contributed by atoms with Crippen LogP contribution in [0.4, 0.5) is 0 Å². The maximum Gasteiger partial charge on any atom is 0.354 e. The zero-order valence-electron chi connectivity index (χ0n) is 14.8. The van der Waals surface area contributed by atoms with Crippen LogP contribution in [0.25, 0.3) is 21.8 Å². The van der Waals surface area contributed by atoms with Crippen LogP contribution in [0, 0.1) is 0 Å². The molecular formula is C18H18N2O6. The van der Waals surface area contributed by atoms with Gasteiger partial charge < -0.3 is 23.9 Å². The highest BCUT2D eigenvalue weighted by molar-refractivity contribution is 6.17. The summed E-state index contributed by atoms with van der Waals surface area (Å²) in [4.78, 5) is 31.8. The number of benzene rings is 1. The van der Waals surface area contributed by atoms with Gasteiger partial charge in [-0.2, -0.15) is 0 Å². The minimum atomic E-state index is -0.558. The largest absolute Gasteiger partial charge is 0.494 e. The summed E-state index contributed by atoms with van der Waals surface area (Å²) in [6.07, 6.45) is 0. The number of hydrogen-bond donors (Lipinski definition) is 1. The molecule has 0 unspecified atom stereocenters. The molecule has 1 aromatic carbocycles. The van der Waals surface area contributed by atoms with Gasteiger partial charge in [0.15, 0.2) is 0 Å². The number of pyridine rings is 1. The van der Waals surface area contributed by atoms with Crippen molar-refractivity contribution in [1.29, 1.82) is 0 Å². The molecule has 0 aliphatic rings. The summed E-state index contributed by atoms with van der Waals surface area (Å²) in [5.41, 5.74) is 1.48. The number of carbonyl (C=O) groups excluding carboxylic acids is 2. The number of aromatic amines is 1. The van der Waals surface area contributed by atoms with Crippen molar-refractivity contribution >= 4 is 33.7 Å². The Morgan fingerprint density at radius 2 is 1.85 bits per heavy atom. The Balaban J connectivity index is 2.42. The molecule has 8 heteroatoms. The summed E-state index contributed by atoms with van der Waals surface area (Å²) in [5.74, 6) is -0.367. The summed E-state index contributed by atoms with van der Waals surface area (Å²) in [6.45, 7) is 1.98. The molecule has 3 rings (SSSR count). The summed E-state index contributed by atoms with van der Waals surface area (Å²) in [7, 11) is 4.24. The summed E-state index contributed by atoms with van der Waals surface area (Å²) in [5, 5.41) is 1.15. The van der Waals surface area contributed by atoms with Crippen LogP contribution in [0.5, 0.6) is 11.6 Å². The average molecular weight is 358 g/mol. The molecule has 0 spiro atoms. The van der Waals surface area contributed by atoms with E-state index in [0.717, 1.165) is 0 Å². The molecule has 3 aromatic rings. The molecule has 0 aliphatic carbocycles. The van der Waals surface area contributed by atoms with Crippen LogP contribution in [-0.2, 0) is 9.47 Å². The van der Waals surface area contributed by atoms with Crippen LogP contribution in [0.15, 0.2) is 18.2 Å². The van der Waals surface area contributed by atoms with Crippen LogP contribution in [-0.4, -0.2) is 49.8 Å². The molecule has 0 aliphatic heterocycles. The number of nitrogens with one attached hydrogen (secondary N) is 1. The van der Waals surface area contributed by atoms with Crippen molar-refractivity contribution in [2.24, 2.45) is 0 Å². The van der Waals surface area contributed by atoms with Crippen molar-refractivity contribution in [3.05, 3.63) is 29.5 Å². The maximum absolute atomic E-state index is 12.3. The summed E-state index contributed by atoms with van der Waals surface area (Å²) in [6, 6.07) is 4.85. The van der Waals surface area contributed by atoms with Crippen molar-refractivity contribution < 1.29 is 28.5 Å². The molecule has 0 radical (unpaired) electrons. The Labute approximate surface area is 149 Å². The predicted octanol–water partition coefficient (Wildman–Crippen LogP) is 2.70. The third kappa shape index (κ3) is 2.79. The number of rotatable bonds is 5. The molecular weight excluding hydrogens is 340 g/mol. The van der Waals surface area contributed by atoms with Crippen LogP contribution < -0.4 is 9.47 Å². The van der Waals surface area contributed by atoms with Crippen molar-refractivity contribution in [2.45, 2.75) is 6.92 Å². The number of hydrogen-bond acceptors (Lipinski definition) is 7. The fraction of sp³-hybridized carbons (Fsp3) is 0.278. The first kappa shape index (κ1) is 17.5. The van der Waals surface area contributed by atoms with Gasteiger partial charge in [0.1, 0.15) is 17.0 Å². The lowest BCUT2D eigenvalue weighted by Gasteiger charge is -2.11. The van der Waals surface area contributed by atoms with E-state index in [1.165, 1.54) is 27.4 Å². The van der Waals surface area contributed by atoms with E-state index in [-0.39, 0.29) is 23.7 Å². The highest BCUT2D eigenvalue weighted by atomic mass is 16.5. The van der Waals surface area contributed by atoms with E-state index in [0.29, 0.717) is 27.6 Å². The first-order valence-electron chi connectivity index (χ1n) is 7.87. The second-order valence-electron chi connectivity index (χ2n) is 5.37. The highest BCUT2D eigenvalue weighted by Gasteiger charge is 2.22. The second-order valence-corrected chi connectivity index (χ2v) is 5.37. The zero-order chi connectivity index (χ0) is 18.8. The fourth-order valence-corrected chi connectivity index (χ4v) is 2.80. The molecule has 0 fully saturated rings. The van der Waals surface area contributed by atoms with E-state index in [9.17, 15) is 9.59 Å². The molecule has 0 saturated heterocycles. The van der Waals surface area contributed by atoms with Gasteiger partial charge in [-0.1, -0.05) is 0 Å². The van der Waals surface area contributed by atoms with Crippen molar-refractivity contribution in [3.8, 4) is 11.6 Å². The maximum atomic E-state index is 12.3. The Hall–Kier alpha value is -3.29. The number of methoxy groups -OCH3 is 3. The van der Waals surface area contributed by atoms with Gasteiger partial charge in [-0.25, -0.2) is 14.6 Å². The zero-order valence-corrected chi connectivity index (χ0v) is 14.8. The van der Waals surface area contributed by atoms with E-state index >= 15 is 0 Å². The lowest BCUT2D eigenvalue weighted by atomic mass is 10.1. The molecule has 26 heavy (non-hydrogen) atoms. The molecule has 0 saturated carbocycles. The summed E-state index contributed by atoms with van der Waals surface area (Å²) >= 11 is 0. The van der Waals surface area contributed by atoms with Crippen LogP contribution in [0.2, 0.25) is 0 Å². The standard InChI is InChI=1S/C18H18N2O6/c1-5-26-18(22)11-6-9-7-12(23-2)16-14(15(9)19-11)10(17(21)25-4)8-13(20-16)24-3/h6-8,19H,5H2,1-4H3.